The number of nitrogens with zero attached hydrogens (tertiary/aromatic N) is 4. The number of aromatic nitrogens is 2. The lowest BCUT2D eigenvalue weighted by molar-refractivity contribution is -0.146. The van der Waals surface area contributed by atoms with E-state index in [0.29, 0.717) is 25.3 Å². The normalized spacial score (nSPS) is 19.5. The lowest BCUT2D eigenvalue weighted by atomic mass is 9.84. The van der Waals surface area contributed by atoms with E-state index in [-0.39, 0.29) is 47.8 Å². The molecule has 2 fully saturated rings. The topological polar surface area (TPSA) is 81.9 Å². The van der Waals surface area contributed by atoms with E-state index in [2.05, 4.69) is 21.4 Å². The van der Waals surface area contributed by atoms with Gasteiger partial charge in [0.2, 0.25) is 5.91 Å². The fourth-order valence-electron chi connectivity index (χ4n) is 4.34. The minimum Gasteiger partial charge on any atom is -0.355 e. The zero-order valence-electron chi connectivity index (χ0n) is 19.2. The summed E-state index contributed by atoms with van der Waals surface area (Å²) < 4.78 is 83.0. The number of rotatable bonds is 5. The van der Waals surface area contributed by atoms with Crippen molar-refractivity contribution >= 4 is 17.5 Å². The molecule has 0 radical (unpaired) electrons. The molecule has 36 heavy (non-hydrogen) atoms. The first-order chi connectivity index (χ1) is 16.9. The van der Waals surface area contributed by atoms with Gasteiger partial charge in [0.05, 0.1) is 29.2 Å². The van der Waals surface area contributed by atoms with Crippen molar-refractivity contribution in [3.63, 3.8) is 0 Å². The number of halogens is 6. The molecule has 2 unspecified atom stereocenters. The van der Waals surface area contributed by atoms with Crippen molar-refractivity contribution in [1.82, 2.24) is 9.97 Å². The number of pyridine rings is 2. The maximum absolute atomic E-state index is 13.9. The van der Waals surface area contributed by atoms with Crippen LogP contribution in [0.2, 0.25) is 0 Å². The number of carbonyl (C=O) groups is 1. The molecule has 2 aliphatic rings. The van der Waals surface area contributed by atoms with E-state index in [1.165, 1.54) is 11.0 Å². The van der Waals surface area contributed by atoms with Crippen LogP contribution in [0.4, 0.5) is 38.0 Å². The average molecular weight is 511 g/mol. The van der Waals surface area contributed by atoms with Gasteiger partial charge in [-0.25, -0.2) is 9.97 Å². The van der Waals surface area contributed by atoms with Crippen LogP contribution < -0.4 is 10.2 Å². The van der Waals surface area contributed by atoms with E-state index in [0.717, 1.165) is 25.6 Å². The fourth-order valence-corrected chi connectivity index (χ4v) is 4.34. The molecule has 1 saturated heterocycles. The minimum atomic E-state index is -4.79. The van der Waals surface area contributed by atoms with Crippen LogP contribution in [0.15, 0.2) is 24.4 Å². The summed E-state index contributed by atoms with van der Waals surface area (Å²) in [5, 5.41) is 11.6. The number of alkyl halides is 6. The van der Waals surface area contributed by atoms with E-state index >= 15 is 0 Å². The predicted octanol–water partition coefficient (Wildman–Crippen LogP) is 5.92. The Bertz CT molecular complexity index is 1180. The summed E-state index contributed by atoms with van der Waals surface area (Å²) in [5.41, 5.74) is -2.06. The Morgan fingerprint density at radius 1 is 1.19 bits per heavy atom. The smallest absolute Gasteiger partial charge is 0.355 e. The lowest BCUT2D eigenvalue weighted by Gasteiger charge is -2.27. The third kappa shape index (κ3) is 5.24. The molecule has 0 bridgehead atoms. The highest BCUT2D eigenvalue weighted by Gasteiger charge is 2.41. The summed E-state index contributed by atoms with van der Waals surface area (Å²) in [4.78, 5) is 22.3. The lowest BCUT2D eigenvalue weighted by Crippen LogP contribution is -2.30. The van der Waals surface area contributed by atoms with Gasteiger partial charge in [-0.05, 0) is 44.4 Å². The van der Waals surface area contributed by atoms with Gasteiger partial charge in [-0.15, -0.1) is 0 Å². The van der Waals surface area contributed by atoms with Gasteiger partial charge >= 0.3 is 12.4 Å². The van der Waals surface area contributed by atoms with Crippen LogP contribution in [0.5, 0.6) is 0 Å². The summed E-state index contributed by atoms with van der Waals surface area (Å²) in [6.07, 6.45) is -5.93. The highest BCUT2D eigenvalue weighted by atomic mass is 19.4. The first-order valence-corrected chi connectivity index (χ1v) is 11.5. The number of nitrogens with one attached hydrogen (secondary N) is 1. The molecule has 1 saturated carbocycles. The molecular formula is C24H23F6N5O. The molecule has 2 aromatic rings. The second-order valence-corrected chi connectivity index (χ2v) is 9.16. The van der Waals surface area contributed by atoms with Gasteiger partial charge in [0.25, 0.3) is 0 Å². The van der Waals surface area contributed by atoms with E-state index < -0.39 is 35.3 Å². The number of anilines is 2. The van der Waals surface area contributed by atoms with Crippen molar-refractivity contribution in [2.24, 2.45) is 11.8 Å². The number of hydrogen-bond donors (Lipinski definition) is 1. The molecule has 0 spiro atoms. The zero-order valence-corrected chi connectivity index (χ0v) is 19.2. The molecule has 2 atom stereocenters. The van der Waals surface area contributed by atoms with Gasteiger partial charge in [0, 0.05) is 36.3 Å². The third-order valence-corrected chi connectivity index (χ3v) is 6.74. The van der Waals surface area contributed by atoms with Crippen molar-refractivity contribution in [1.29, 1.82) is 5.26 Å². The van der Waals surface area contributed by atoms with Crippen LogP contribution in [0.1, 0.15) is 49.7 Å². The van der Waals surface area contributed by atoms with Gasteiger partial charge in [-0.1, -0.05) is 6.42 Å². The van der Waals surface area contributed by atoms with E-state index in [1.54, 1.807) is 0 Å². The Labute approximate surface area is 203 Å². The number of carbonyl (C=O) groups excluding carboxylic acids is 1. The van der Waals surface area contributed by atoms with Crippen LogP contribution >= 0.6 is 0 Å². The molecule has 1 amide bonds. The summed E-state index contributed by atoms with van der Waals surface area (Å²) in [5.74, 6) is -3.78. The monoisotopic (exact) mass is 511 g/mol. The Balaban J connectivity index is 1.85. The van der Waals surface area contributed by atoms with Crippen LogP contribution in [0.25, 0.3) is 11.3 Å². The summed E-state index contributed by atoms with van der Waals surface area (Å²) in [7, 11) is 0. The van der Waals surface area contributed by atoms with Crippen LogP contribution in [0, 0.1) is 23.2 Å². The quantitative estimate of drug-likeness (QED) is 0.505. The van der Waals surface area contributed by atoms with Crippen molar-refractivity contribution in [2.75, 3.05) is 23.3 Å². The average Bonchev–Trinajstić information content (AvgIpc) is 3.25. The van der Waals surface area contributed by atoms with Crippen molar-refractivity contribution in [2.45, 2.75) is 50.9 Å². The molecule has 4 rings (SSSR count). The van der Waals surface area contributed by atoms with Gasteiger partial charge in [-0.3, -0.25) is 4.79 Å². The Kier molecular flexibility index (Phi) is 6.86. The van der Waals surface area contributed by atoms with Crippen molar-refractivity contribution in [3.8, 4) is 17.3 Å². The highest BCUT2D eigenvalue weighted by Crippen LogP contribution is 2.44. The maximum Gasteiger partial charge on any atom is 0.416 e. The van der Waals surface area contributed by atoms with E-state index in [4.69, 9.17) is 5.26 Å². The fraction of sp³-hybridized carbons (Fsp3) is 0.500. The predicted molar refractivity (Wildman–Crippen MR) is 119 cm³/mol. The van der Waals surface area contributed by atoms with E-state index in [1.807, 2.05) is 0 Å². The summed E-state index contributed by atoms with van der Waals surface area (Å²) in [6.45, 7) is 1.32. The molecule has 1 aliphatic carbocycles. The third-order valence-electron chi connectivity index (χ3n) is 6.74. The molecule has 3 heterocycles. The first-order valence-electron chi connectivity index (χ1n) is 11.5. The number of amides is 1. The first kappa shape index (κ1) is 25.7. The number of nitriles is 1. The van der Waals surface area contributed by atoms with Gasteiger partial charge in [0.1, 0.15) is 11.6 Å². The molecular weight excluding hydrogens is 488 g/mol. The number of hydrogen-bond acceptors (Lipinski definition) is 5. The molecule has 6 nitrogen and oxygen atoms in total. The molecule has 2 aromatic heterocycles. The standard InChI is InChI=1S/C24H23F6N5O/c1-13(23(25,26)27)20-17(5-7-32-21(20)34-22(36)15-3-2-4-15)18-9-16(24(28,29)30)10-19(33-18)35-8-6-14(11-31)12-35/h5,7,9-10,13-15H,2-4,6,8,12H2,1H3,(H,32,34,36). The Morgan fingerprint density at radius 2 is 1.92 bits per heavy atom. The minimum absolute atomic E-state index is 0.0833. The molecule has 1 N–H and O–H groups in total. The maximum atomic E-state index is 13.9. The molecule has 12 heteroatoms. The Morgan fingerprint density at radius 3 is 2.47 bits per heavy atom. The van der Waals surface area contributed by atoms with Crippen molar-refractivity contribution < 1.29 is 31.1 Å². The zero-order chi connectivity index (χ0) is 26.3. The van der Waals surface area contributed by atoms with Crippen LogP contribution in [-0.2, 0) is 11.0 Å². The highest BCUT2D eigenvalue weighted by molar-refractivity contribution is 5.94. The molecule has 0 aromatic carbocycles. The van der Waals surface area contributed by atoms with Gasteiger partial charge in [0.15, 0.2) is 0 Å². The van der Waals surface area contributed by atoms with Gasteiger partial charge in [-0.2, -0.15) is 31.6 Å². The SMILES string of the molecule is CC(c1c(-c2cc(C(F)(F)F)cc(N3CCC(C#N)C3)n2)ccnc1NC(=O)C1CCC1)C(F)(F)F. The summed E-state index contributed by atoms with van der Waals surface area (Å²) in [6, 6.07) is 4.77. The van der Waals surface area contributed by atoms with Gasteiger partial charge < -0.3 is 10.2 Å². The second kappa shape index (κ2) is 9.59. The van der Waals surface area contributed by atoms with E-state index in [9.17, 15) is 31.1 Å². The molecule has 1 aliphatic heterocycles. The second-order valence-electron chi connectivity index (χ2n) is 9.16. The van der Waals surface area contributed by atoms with Crippen molar-refractivity contribution in [3.05, 3.63) is 35.5 Å². The van der Waals surface area contributed by atoms with Crippen LogP contribution in [-0.4, -0.2) is 35.1 Å². The summed E-state index contributed by atoms with van der Waals surface area (Å²) >= 11 is 0. The largest absolute Gasteiger partial charge is 0.416 e. The molecule has 192 valence electrons. The van der Waals surface area contributed by atoms with Crippen LogP contribution in [0.3, 0.4) is 0 Å². The Hall–Kier alpha value is -3.36.